The fraction of sp³-hybridized carbons (Fsp3) is 0.700. The normalized spacial score (nSPS) is 12.9. The molecule has 16 heavy (non-hydrogen) atoms. The van der Waals surface area contributed by atoms with Gasteiger partial charge in [0.1, 0.15) is 5.69 Å². The van der Waals surface area contributed by atoms with Crippen LogP contribution in [0.15, 0.2) is 0 Å². The summed E-state index contributed by atoms with van der Waals surface area (Å²) in [6, 6.07) is 0.161. The van der Waals surface area contributed by atoms with Crippen molar-refractivity contribution in [1.82, 2.24) is 9.78 Å². The molecule has 0 fully saturated rings. The predicted molar refractivity (Wildman–Crippen MR) is 62.5 cm³/mol. The lowest BCUT2D eigenvalue weighted by Crippen LogP contribution is -2.23. The van der Waals surface area contributed by atoms with E-state index in [1.807, 2.05) is 6.92 Å². The fourth-order valence-corrected chi connectivity index (χ4v) is 1.41. The molecular formula is C10H18N4O2. The van der Waals surface area contributed by atoms with Gasteiger partial charge in [-0.15, -0.1) is 0 Å². The number of hydrogen-bond acceptors (Lipinski definition) is 4. The van der Waals surface area contributed by atoms with Crippen molar-refractivity contribution in [1.29, 1.82) is 0 Å². The maximum atomic E-state index is 10.9. The molecule has 0 bridgehead atoms. The van der Waals surface area contributed by atoms with Gasteiger partial charge < -0.3 is 5.32 Å². The second-order valence-corrected chi connectivity index (χ2v) is 4.34. The van der Waals surface area contributed by atoms with Crippen molar-refractivity contribution in [3.8, 4) is 0 Å². The Bertz CT molecular complexity index is 398. The van der Waals surface area contributed by atoms with E-state index in [1.54, 1.807) is 14.0 Å². The summed E-state index contributed by atoms with van der Waals surface area (Å²) in [6.07, 6.45) is 0. The molecule has 0 aliphatic heterocycles. The second-order valence-electron chi connectivity index (χ2n) is 4.34. The highest BCUT2D eigenvalue weighted by Crippen LogP contribution is 2.28. The summed E-state index contributed by atoms with van der Waals surface area (Å²) in [5.41, 5.74) is 0.501. The van der Waals surface area contributed by atoms with Gasteiger partial charge in [0.05, 0.1) is 4.92 Å². The number of hydrogen-bond donors (Lipinski definition) is 1. The van der Waals surface area contributed by atoms with Gasteiger partial charge in [-0.3, -0.25) is 10.1 Å². The first kappa shape index (κ1) is 12.5. The Morgan fingerprint density at radius 2 is 2.00 bits per heavy atom. The van der Waals surface area contributed by atoms with Crippen molar-refractivity contribution >= 4 is 11.5 Å². The van der Waals surface area contributed by atoms with E-state index in [9.17, 15) is 10.1 Å². The van der Waals surface area contributed by atoms with Crippen LogP contribution in [-0.4, -0.2) is 20.7 Å². The zero-order valence-corrected chi connectivity index (χ0v) is 10.3. The Kier molecular flexibility index (Phi) is 3.51. The molecule has 0 radical (unpaired) electrons. The Morgan fingerprint density at radius 3 is 2.44 bits per heavy atom. The number of rotatable bonds is 4. The van der Waals surface area contributed by atoms with Gasteiger partial charge in [0, 0.05) is 13.1 Å². The SMILES string of the molecule is Cc1nn(C)c(NC(C)C(C)C)c1[N+](=O)[O-]. The third-order valence-corrected chi connectivity index (χ3v) is 2.74. The van der Waals surface area contributed by atoms with Crippen LogP contribution in [0.25, 0.3) is 0 Å². The Balaban J connectivity index is 3.07. The minimum Gasteiger partial charge on any atom is -0.362 e. The van der Waals surface area contributed by atoms with Crippen molar-refractivity contribution in [2.75, 3.05) is 5.32 Å². The highest BCUT2D eigenvalue weighted by molar-refractivity contribution is 5.59. The van der Waals surface area contributed by atoms with Crippen LogP contribution in [0.4, 0.5) is 11.5 Å². The molecule has 0 amide bonds. The van der Waals surface area contributed by atoms with Crippen molar-refractivity contribution in [2.24, 2.45) is 13.0 Å². The van der Waals surface area contributed by atoms with E-state index in [-0.39, 0.29) is 11.7 Å². The third kappa shape index (κ3) is 2.32. The molecule has 0 saturated carbocycles. The van der Waals surface area contributed by atoms with Crippen LogP contribution in [0, 0.1) is 23.0 Å². The molecule has 1 aromatic heterocycles. The van der Waals surface area contributed by atoms with Crippen molar-refractivity contribution in [3.63, 3.8) is 0 Å². The lowest BCUT2D eigenvalue weighted by Gasteiger charge is -2.17. The van der Waals surface area contributed by atoms with Crippen LogP contribution in [0.3, 0.4) is 0 Å². The van der Waals surface area contributed by atoms with Crippen LogP contribution in [0.2, 0.25) is 0 Å². The molecule has 1 aromatic rings. The molecule has 1 N–H and O–H groups in total. The Morgan fingerprint density at radius 1 is 1.44 bits per heavy atom. The highest BCUT2D eigenvalue weighted by atomic mass is 16.6. The molecule has 1 unspecified atom stereocenters. The monoisotopic (exact) mass is 226 g/mol. The van der Waals surface area contributed by atoms with Gasteiger partial charge in [-0.25, -0.2) is 4.68 Å². The first-order valence-corrected chi connectivity index (χ1v) is 5.29. The van der Waals surface area contributed by atoms with Crippen LogP contribution in [0.5, 0.6) is 0 Å². The van der Waals surface area contributed by atoms with Crippen LogP contribution >= 0.6 is 0 Å². The van der Waals surface area contributed by atoms with E-state index in [2.05, 4.69) is 24.3 Å². The van der Waals surface area contributed by atoms with Gasteiger partial charge in [-0.2, -0.15) is 5.10 Å². The summed E-state index contributed by atoms with van der Waals surface area (Å²) >= 11 is 0. The largest absolute Gasteiger partial charge is 0.362 e. The zero-order chi connectivity index (χ0) is 12.5. The van der Waals surface area contributed by atoms with Crippen LogP contribution < -0.4 is 5.32 Å². The molecule has 1 atom stereocenters. The average Bonchev–Trinajstić information content (AvgIpc) is 2.41. The van der Waals surface area contributed by atoms with Crippen LogP contribution in [-0.2, 0) is 7.05 Å². The predicted octanol–water partition coefficient (Wildman–Crippen LogP) is 2.09. The van der Waals surface area contributed by atoms with Gasteiger partial charge in [-0.05, 0) is 19.8 Å². The Hall–Kier alpha value is -1.59. The Labute approximate surface area is 94.8 Å². The van der Waals surface area contributed by atoms with Gasteiger partial charge in [0.15, 0.2) is 0 Å². The summed E-state index contributed by atoms with van der Waals surface area (Å²) in [6.45, 7) is 7.76. The molecule has 90 valence electrons. The van der Waals surface area contributed by atoms with E-state index in [0.29, 0.717) is 17.4 Å². The number of aryl methyl sites for hydroxylation is 2. The molecule has 1 rings (SSSR count). The minimum atomic E-state index is -0.391. The van der Waals surface area contributed by atoms with Crippen molar-refractivity contribution < 1.29 is 4.92 Å². The summed E-state index contributed by atoms with van der Waals surface area (Å²) in [5, 5.41) is 18.1. The van der Waals surface area contributed by atoms with Crippen LogP contribution in [0.1, 0.15) is 26.5 Å². The summed E-state index contributed by atoms with van der Waals surface area (Å²) in [4.78, 5) is 10.5. The summed E-state index contributed by atoms with van der Waals surface area (Å²) in [5.74, 6) is 0.874. The molecule has 0 aliphatic rings. The van der Waals surface area contributed by atoms with Gasteiger partial charge in [0.25, 0.3) is 0 Å². The standard InChI is InChI=1S/C10H18N4O2/c1-6(2)7(3)11-10-9(14(15)16)8(4)12-13(10)5/h6-7,11H,1-5H3. The second kappa shape index (κ2) is 4.51. The van der Waals surface area contributed by atoms with Gasteiger partial charge in [0.2, 0.25) is 5.82 Å². The lowest BCUT2D eigenvalue weighted by molar-refractivity contribution is -0.384. The number of aromatic nitrogens is 2. The summed E-state index contributed by atoms with van der Waals surface area (Å²) < 4.78 is 1.52. The maximum absolute atomic E-state index is 10.9. The third-order valence-electron chi connectivity index (χ3n) is 2.74. The van der Waals surface area contributed by atoms with E-state index in [0.717, 1.165) is 0 Å². The molecule has 0 saturated heterocycles. The van der Waals surface area contributed by atoms with Gasteiger partial charge >= 0.3 is 5.69 Å². The fourth-order valence-electron chi connectivity index (χ4n) is 1.41. The topological polar surface area (TPSA) is 73.0 Å². The lowest BCUT2D eigenvalue weighted by atomic mass is 10.1. The summed E-state index contributed by atoms with van der Waals surface area (Å²) in [7, 11) is 1.70. The maximum Gasteiger partial charge on any atom is 0.333 e. The molecular weight excluding hydrogens is 208 g/mol. The van der Waals surface area contributed by atoms with Crippen molar-refractivity contribution in [2.45, 2.75) is 33.7 Å². The minimum absolute atomic E-state index is 0.0648. The molecule has 6 nitrogen and oxygen atoms in total. The average molecular weight is 226 g/mol. The number of nitrogens with one attached hydrogen (secondary N) is 1. The molecule has 6 heteroatoms. The molecule has 0 aliphatic carbocycles. The molecule has 1 heterocycles. The van der Waals surface area contributed by atoms with Crippen molar-refractivity contribution in [3.05, 3.63) is 15.8 Å². The van der Waals surface area contributed by atoms with E-state index < -0.39 is 4.92 Å². The quantitative estimate of drug-likeness (QED) is 0.630. The number of nitro groups is 1. The smallest absolute Gasteiger partial charge is 0.333 e. The van der Waals surface area contributed by atoms with E-state index in [1.165, 1.54) is 4.68 Å². The molecule has 0 spiro atoms. The number of nitrogens with zero attached hydrogens (tertiary/aromatic N) is 3. The zero-order valence-electron chi connectivity index (χ0n) is 10.3. The number of anilines is 1. The highest BCUT2D eigenvalue weighted by Gasteiger charge is 2.25. The molecule has 0 aromatic carbocycles. The van der Waals surface area contributed by atoms with E-state index >= 15 is 0 Å². The first-order valence-electron chi connectivity index (χ1n) is 5.29. The van der Waals surface area contributed by atoms with E-state index in [4.69, 9.17) is 0 Å². The van der Waals surface area contributed by atoms with Gasteiger partial charge in [-0.1, -0.05) is 13.8 Å². The first-order chi connectivity index (χ1) is 7.34.